The predicted octanol–water partition coefficient (Wildman–Crippen LogP) is 5.31. The zero-order chi connectivity index (χ0) is 37.3. The number of aliphatic hydroxyl groups excluding tert-OH is 2. The first-order valence-electron chi connectivity index (χ1n) is 19.4. The summed E-state index contributed by atoms with van der Waals surface area (Å²) in [6.45, 7) is 14.9. The Bertz CT molecular complexity index is 1220. The molecule has 290 valence electrons. The second-order valence-electron chi connectivity index (χ2n) is 16.0. The van der Waals surface area contributed by atoms with Crippen molar-refractivity contribution in [3.8, 4) is 0 Å². The Hall–Kier alpha value is -2.28. The second kappa shape index (κ2) is 18.7. The molecular formula is C40H66N2O9. The number of cyclic esters (lactones) is 1. The molecule has 0 aromatic heterocycles. The lowest BCUT2D eigenvalue weighted by Crippen LogP contribution is -2.50. The number of likely N-dealkylation sites (tertiary alicyclic amines) is 2. The van der Waals surface area contributed by atoms with Crippen molar-refractivity contribution in [2.75, 3.05) is 33.3 Å². The monoisotopic (exact) mass is 718 g/mol. The summed E-state index contributed by atoms with van der Waals surface area (Å²) in [5.74, 6) is -0.824. The number of esters is 1. The van der Waals surface area contributed by atoms with Crippen LogP contribution in [0.4, 0.5) is 4.79 Å². The number of carbonyl (C=O) groups is 2. The fourth-order valence-corrected chi connectivity index (χ4v) is 7.89. The molecule has 0 spiro atoms. The van der Waals surface area contributed by atoms with Crippen LogP contribution in [0.3, 0.4) is 0 Å². The Kier molecular flexibility index (Phi) is 15.2. The lowest BCUT2D eigenvalue weighted by molar-refractivity contribution is -0.151. The molecule has 0 aliphatic carbocycles. The first-order valence-corrected chi connectivity index (χ1v) is 19.4. The summed E-state index contributed by atoms with van der Waals surface area (Å²) in [6, 6.07) is 0.507. The van der Waals surface area contributed by atoms with E-state index in [1.807, 2.05) is 52.8 Å². The van der Waals surface area contributed by atoms with Gasteiger partial charge in [0.2, 0.25) is 0 Å². The lowest BCUT2D eigenvalue weighted by atomic mass is 9.88. The number of rotatable bonds is 11. The van der Waals surface area contributed by atoms with Crippen LogP contribution in [0.1, 0.15) is 106 Å². The normalized spacial score (nSPS) is 35.2. The van der Waals surface area contributed by atoms with E-state index >= 15 is 0 Å². The van der Waals surface area contributed by atoms with E-state index in [9.17, 15) is 24.9 Å². The summed E-state index contributed by atoms with van der Waals surface area (Å²) in [4.78, 5) is 30.9. The molecule has 0 saturated carbocycles. The first-order chi connectivity index (χ1) is 24.2. The lowest BCUT2D eigenvalue weighted by Gasteiger charge is -2.41. The van der Waals surface area contributed by atoms with Gasteiger partial charge < -0.3 is 44.1 Å². The van der Waals surface area contributed by atoms with Gasteiger partial charge in [-0.3, -0.25) is 4.79 Å². The Labute approximate surface area is 306 Å². The molecule has 51 heavy (non-hydrogen) atoms. The minimum Gasteiger partial charge on any atom is -0.457 e. The van der Waals surface area contributed by atoms with E-state index < -0.39 is 41.6 Å². The van der Waals surface area contributed by atoms with Crippen LogP contribution in [0.15, 0.2) is 36.0 Å². The summed E-state index contributed by atoms with van der Waals surface area (Å²) in [6.07, 6.45) is 12.8. The van der Waals surface area contributed by atoms with E-state index in [-0.39, 0.29) is 43.0 Å². The molecule has 0 radical (unpaired) electrons. The summed E-state index contributed by atoms with van der Waals surface area (Å²) < 4.78 is 23.9. The summed E-state index contributed by atoms with van der Waals surface area (Å²) in [7, 11) is 1.58. The Balaban J connectivity index is 1.45. The molecule has 0 bridgehead atoms. The molecule has 3 N–H and O–H groups in total. The van der Waals surface area contributed by atoms with Gasteiger partial charge >= 0.3 is 12.1 Å². The quantitative estimate of drug-likeness (QED) is 0.111. The van der Waals surface area contributed by atoms with Crippen molar-refractivity contribution in [2.24, 2.45) is 11.8 Å². The zero-order valence-corrected chi connectivity index (χ0v) is 32.2. The summed E-state index contributed by atoms with van der Waals surface area (Å²) >= 11 is 0. The molecule has 3 fully saturated rings. The van der Waals surface area contributed by atoms with Gasteiger partial charge in [0.15, 0.2) is 6.10 Å². The van der Waals surface area contributed by atoms with Crippen LogP contribution in [-0.4, -0.2) is 124 Å². The standard InChI is InChI=1S/C40H66N2O9/c1-8-32(44)29(4)37-33(49-37)26-39(5,47)19-12-13-27(2)36-28(3)14-15-34(40(6,48-7)20-16-31(43)25-35(45)51-36)50-38(46)42-23-17-30(18-24-42)41-21-10-9-11-22-41/h12-15,19,28-34,36-37,43-44,47H,8-11,16-18,20-26H2,1-7H3/b15-14+,19-12+,27-13+. The van der Waals surface area contributed by atoms with E-state index in [4.69, 9.17) is 18.9 Å². The fraction of sp³-hybridized carbons (Fsp3) is 0.800. The molecule has 4 aliphatic heterocycles. The second-order valence-corrected chi connectivity index (χ2v) is 16.0. The van der Waals surface area contributed by atoms with Crippen molar-refractivity contribution in [1.82, 2.24) is 9.80 Å². The molecule has 10 unspecified atom stereocenters. The maximum Gasteiger partial charge on any atom is 0.410 e. The molecule has 3 saturated heterocycles. The number of piperidine rings is 2. The van der Waals surface area contributed by atoms with Crippen LogP contribution in [0, 0.1) is 11.8 Å². The number of ether oxygens (including phenoxy) is 4. The first kappa shape index (κ1) is 41.5. The molecule has 4 heterocycles. The molecule has 4 rings (SSSR count). The van der Waals surface area contributed by atoms with E-state index in [0.29, 0.717) is 38.4 Å². The average molecular weight is 719 g/mol. The number of hydrogen-bond donors (Lipinski definition) is 3. The molecule has 11 heteroatoms. The third-order valence-electron chi connectivity index (χ3n) is 11.7. The van der Waals surface area contributed by atoms with Gasteiger partial charge in [0.1, 0.15) is 11.7 Å². The van der Waals surface area contributed by atoms with Gasteiger partial charge in [-0.2, -0.15) is 0 Å². The van der Waals surface area contributed by atoms with Crippen molar-refractivity contribution in [3.05, 3.63) is 36.0 Å². The SMILES string of the molecule is CCC(O)C(C)C1OC1CC(C)(O)/C=C/C=C(\C)C1OC(=O)CC(O)CCC(C)(OC)C(OC(=O)N2CCC(N3CCCCC3)CC2)/C=C/C1C. The van der Waals surface area contributed by atoms with Gasteiger partial charge in [-0.25, -0.2) is 4.79 Å². The highest BCUT2D eigenvalue weighted by molar-refractivity contribution is 5.70. The molecule has 11 nitrogen and oxygen atoms in total. The summed E-state index contributed by atoms with van der Waals surface area (Å²) in [5.41, 5.74) is -1.33. The number of nitrogens with zero attached hydrogens (tertiary/aromatic N) is 2. The third-order valence-corrected chi connectivity index (χ3v) is 11.7. The van der Waals surface area contributed by atoms with Crippen molar-refractivity contribution < 1.29 is 43.9 Å². The number of methoxy groups -OCH3 is 1. The van der Waals surface area contributed by atoms with E-state index in [1.54, 1.807) is 31.1 Å². The van der Waals surface area contributed by atoms with Crippen LogP contribution < -0.4 is 0 Å². The van der Waals surface area contributed by atoms with E-state index in [1.165, 1.54) is 19.3 Å². The van der Waals surface area contributed by atoms with Gasteiger partial charge in [0.25, 0.3) is 0 Å². The minimum absolute atomic E-state index is 0.00233. The summed E-state index contributed by atoms with van der Waals surface area (Å²) in [5, 5.41) is 32.1. The zero-order valence-electron chi connectivity index (χ0n) is 32.2. The maximum absolute atomic E-state index is 13.6. The van der Waals surface area contributed by atoms with Gasteiger partial charge in [0.05, 0.1) is 36.4 Å². The number of epoxide rings is 1. The highest BCUT2D eigenvalue weighted by Crippen LogP contribution is 2.38. The third kappa shape index (κ3) is 11.9. The largest absolute Gasteiger partial charge is 0.457 e. The van der Waals surface area contributed by atoms with Gasteiger partial charge in [0, 0.05) is 44.5 Å². The van der Waals surface area contributed by atoms with Crippen LogP contribution in [-0.2, 0) is 23.7 Å². The van der Waals surface area contributed by atoms with Crippen LogP contribution in [0.25, 0.3) is 0 Å². The van der Waals surface area contributed by atoms with E-state index in [0.717, 1.165) is 31.5 Å². The van der Waals surface area contributed by atoms with Crippen LogP contribution in [0.2, 0.25) is 0 Å². The number of allylic oxidation sites excluding steroid dienone is 2. The Morgan fingerprint density at radius 2 is 1.84 bits per heavy atom. The van der Waals surface area contributed by atoms with Gasteiger partial charge in [-0.05, 0) is 90.5 Å². The topological polar surface area (TPSA) is 142 Å². The maximum atomic E-state index is 13.6. The number of amides is 1. The van der Waals surface area contributed by atoms with Crippen molar-refractivity contribution in [2.45, 2.75) is 160 Å². The van der Waals surface area contributed by atoms with Crippen molar-refractivity contribution in [1.29, 1.82) is 0 Å². The molecular weight excluding hydrogens is 652 g/mol. The number of carbonyl (C=O) groups excluding carboxylic acids is 2. The highest BCUT2D eigenvalue weighted by Gasteiger charge is 2.47. The molecule has 0 aromatic carbocycles. The van der Waals surface area contributed by atoms with Crippen LogP contribution in [0.5, 0.6) is 0 Å². The number of hydrogen-bond acceptors (Lipinski definition) is 10. The molecule has 1 amide bonds. The Morgan fingerprint density at radius 1 is 1.16 bits per heavy atom. The smallest absolute Gasteiger partial charge is 0.410 e. The fourth-order valence-electron chi connectivity index (χ4n) is 7.89. The number of aliphatic hydroxyl groups is 3. The van der Waals surface area contributed by atoms with Gasteiger partial charge in [-0.15, -0.1) is 0 Å². The highest BCUT2D eigenvalue weighted by atomic mass is 16.6. The van der Waals surface area contributed by atoms with Crippen molar-refractivity contribution in [3.63, 3.8) is 0 Å². The van der Waals surface area contributed by atoms with Gasteiger partial charge in [-0.1, -0.05) is 51.5 Å². The molecule has 0 aromatic rings. The van der Waals surface area contributed by atoms with Crippen LogP contribution >= 0.6 is 0 Å². The average Bonchev–Trinajstić information content (AvgIpc) is 3.88. The predicted molar refractivity (Wildman–Crippen MR) is 196 cm³/mol. The van der Waals surface area contributed by atoms with Crippen molar-refractivity contribution >= 4 is 12.1 Å². The minimum atomic E-state index is -1.14. The van der Waals surface area contributed by atoms with E-state index in [2.05, 4.69) is 4.90 Å². The molecule has 10 atom stereocenters. The Morgan fingerprint density at radius 3 is 2.49 bits per heavy atom. The molecule has 4 aliphatic rings.